The van der Waals surface area contributed by atoms with E-state index in [1.165, 1.54) is 6.92 Å². The van der Waals surface area contributed by atoms with E-state index in [1.807, 2.05) is 30.5 Å². The zero-order chi connectivity index (χ0) is 17.3. The van der Waals surface area contributed by atoms with Crippen LogP contribution in [0.1, 0.15) is 26.8 Å². The van der Waals surface area contributed by atoms with Crippen LogP contribution < -0.4 is 10.6 Å². The molecular weight excluding hydrogens is 328 g/mol. The Morgan fingerprint density at radius 1 is 1.17 bits per heavy atom. The molecule has 0 aliphatic heterocycles. The molecular formula is C16H17ClN6O. The quantitative estimate of drug-likeness (QED) is 0.704. The first-order chi connectivity index (χ1) is 11.4. The number of carbonyl (C=O) groups excluding carboxylic acids is 1. The van der Waals surface area contributed by atoms with Gasteiger partial charge < -0.3 is 15.2 Å². The smallest absolute Gasteiger partial charge is 0.226 e. The number of hydrogen-bond acceptors (Lipinski definition) is 5. The molecule has 0 unspecified atom stereocenters. The van der Waals surface area contributed by atoms with Gasteiger partial charge in [-0.3, -0.25) is 4.79 Å². The van der Waals surface area contributed by atoms with E-state index in [9.17, 15) is 4.79 Å². The highest BCUT2D eigenvalue weighted by Gasteiger charge is 2.14. The number of carbonyl (C=O) groups is 1. The standard InChI is InChI=1S/C16H17ClN6O/c1-9(2)23-8-18-13-14(21-16(17)22-15(13)23)20-12-6-4-11(5-7-12)19-10(3)24/h4-9H,1-3H3,(H,19,24)(H,20,21,22). The molecule has 124 valence electrons. The van der Waals surface area contributed by atoms with Gasteiger partial charge in [-0.1, -0.05) is 0 Å². The lowest BCUT2D eigenvalue weighted by Gasteiger charge is -2.10. The molecule has 8 heteroatoms. The molecule has 3 rings (SSSR count). The average Bonchev–Trinajstić information content (AvgIpc) is 2.92. The summed E-state index contributed by atoms with van der Waals surface area (Å²) in [5, 5.41) is 6.07. The molecule has 24 heavy (non-hydrogen) atoms. The summed E-state index contributed by atoms with van der Waals surface area (Å²) in [6.45, 7) is 5.56. The zero-order valence-electron chi connectivity index (χ0n) is 13.5. The Balaban J connectivity index is 1.93. The predicted octanol–water partition coefficient (Wildman–Crippen LogP) is 3.76. The maximum atomic E-state index is 11.1. The second-order valence-electron chi connectivity index (χ2n) is 5.64. The zero-order valence-corrected chi connectivity index (χ0v) is 14.3. The maximum absolute atomic E-state index is 11.1. The third-order valence-electron chi connectivity index (χ3n) is 3.42. The molecule has 0 fully saturated rings. The van der Waals surface area contributed by atoms with Gasteiger partial charge in [0, 0.05) is 24.3 Å². The average molecular weight is 345 g/mol. The van der Waals surface area contributed by atoms with Crippen molar-refractivity contribution >= 4 is 45.9 Å². The van der Waals surface area contributed by atoms with E-state index in [2.05, 4.69) is 25.6 Å². The Morgan fingerprint density at radius 2 is 1.83 bits per heavy atom. The van der Waals surface area contributed by atoms with Gasteiger partial charge in [-0.2, -0.15) is 9.97 Å². The van der Waals surface area contributed by atoms with Crippen molar-refractivity contribution < 1.29 is 4.79 Å². The highest BCUT2D eigenvalue weighted by molar-refractivity contribution is 6.28. The minimum Gasteiger partial charge on any atom is -0.338 e. The monoisotopic (exact) mass is 344 g/mol. The van der Waals surface area contributed by atoms with Crippen LogP contribution in [0.25, 0.3) is 11.2 Å². The summed E-state index contributed by atoms with van der Waals surface area (Å²) in [4.78, 5) is 24.0. The molecule has 3 aromatic rings. The van der Waals surface area contributed by atoms with Crippen LogP contribution in [0.2, 0.25) is 5.28 Å². The Labute approximate surface area is 144 Å². The SMILES string of the molecule is CC(=O)Nc1ccc(Nc2nc(Cl)nc3c2ncn3C(C)C)cc1. The number of nitrogens with zero attached hydrogens (tertiary/aromatic N) is 4. The molecule has 0 saturated heterocycles. The highest BCUT2D eigenvalue weighted by atomic mass is 35.5. The van der Waals surface area contributed by atoms with Gasteiger partial charge in [-0.25, -0.2) is 4.98 Å². The van der Waals surface area contributed by atoms with E-state index in [0.717, 1.165) is 11.4 Å². The molecule has 0 radical (unpaired) electrons. The number of imidazole rings is 1. The molecule has 2 heterocycles. The van der Waals surface area contributed by atoms with E-state index >= 15 is 0 Å². The second-order valence-corrected chi connectivity index (χ2v) is 5.98. The predicted molar refractivity (Wildman–Crippen MR) is 94.7 cm³/mol. The fourth-order valence-corrected chi connectivity index (χ4v) is 2.50. The summed E-state index contributed by atoms with van der Waals surface area (Å²) in [6.07, 6.45) is 1.73. The first-order valence-corrected chi connectivity index (χ1v) is 7.86. The molecule has 2 aromatic heterocycles. The topological polar surface area (TPSA) is 84.7 Å². The van der Waals surface area contributed by atoms with Crippen molar-refractivity contribution in [3.63, 3.8) is 0 Å². The summed E-state index contributed by atoms with van der Waals surface area (Å²) in [5.41, 5.74) is 2.86. The summed E-state index contributed by atoms with van der Waals surface area (Å²) in [6, 6.07) is 7.50. The number of halogens is 1. The second kappa shape index (κ2) is 6.45. The molecule has 0 spiro atoms. The van der Waals surface area contributed by atoms with Crippen LogP contribution in [-0.2, 0) is 4.79 Å². The first-order valence-electron chi connectivity index (χ1n) is 7.49. The molecule has 0 bridgehead atoms. The Bertz CT molecular complexity index is 887. The van der Waals surface area contributed by atoms with Crippen LogP contribution in [0.15, 0.2) is 30.6 Å². The number of anilines is 3. The van der Waals surface area contributed by atoms with Crippen LogP contribution in [-0.4, -0.2) is 25.4 Å². The molecule has 0 aliphatic carbocycles. The van der Waals surface area contributed by atoms with Gasteiger partial charge in [0.15, 0.2) is 17.0 Å². The summed E-state index contributed by atoms with van der Waals surface area (Å²) in [7, 11) is 0. The maximum Gasteiger partial charge on any atom is 0.226 e. The molecule has 0 saturated carbocycles. The van der Waals surface area contributed by atoms with Gasteiger partial charge in [0.2, 0.25) is 11.2 Å². The lowest BCUT2D eigenvalue weighted by Crippen LogP contribution is -2.05. The number of aromatic nitrogens is 4. The fourth-order valence-electron chi connectivity index (χ4n) is 2.33. The number of fused-ring (bicyclic) bond motifs is 1. The number of benzene rings is 1. The first kappa shape index (κ1) is 16.2. The van der Waals surface area contributed by atoms with Crippen LogP contribution >= 0.6 is 11.6 Å². The van der Waals surface area contributed by atoms with Crippen molar-refractivity contribution in [3.05, 3.63) is 35.9 Å². The van der Waals surface area contributed by atoms with Gasteiger partial charge in [-0.05, 0) is 49.7 Å². The Morgan fingerprint density at radius 3 is 2.46 bits per heavy atom. The van der Waals surface area contributed by atoms with Crippen LogP contribution in [0.5, 0.6) is 0 Å². The summed E-state index contributed by atoms with van der Waals surface area (Å²) >= 11 is 6.06. The van der Waals surface area contributed by atoms with Crippen molar-refractivity contribution in [1.82, 2.24) is 19.5 Å². The van der Waals surface area contributed by atoms with Gasteiger partial charge in [0.05, 0.1) is 6.33 Å². The highest BCUT2D eigenvalue weighted by Crippen LogP contribution is 2.26. The minimum atomic E-state index is -0.112. The Kier molecular flexibility index (Phi) is 4.35. The normalized spacial score (nSPS) is 11.0. The van der Waals surface area contributed by atoms with Crippen molar-refractivity contribution in [2.45, 2.75) is 26.8 Å². The van der Waals surface area contributed by atoms with E-state index < -0.39 is 0 Å². The number of nitrogens with one attached hydrogen (secondary N) is 2. The van der Waals surface area contributed by atoms with Crippen molar-refractivity contribution in [2.75, 3.05) is 10.6 Å². The third-order valence-corrected chi connectivity index (χ3v) is 3.59. The Hall–Kier alpha value is -2.67. The minimum absolute atomic E-state index is 0.112. The molecule has 0 aliphatic rings. The van der Waals surface area contributed by atoms with Gasteiger partial charge in [0.25, 0.3) is 0 Å². The number of amides is 1. The molecule has 2 N–H and O–H groups in total. The van der Waals surface area contributed by atoms with E-state index in [4.69, 9.17) is 11.6 Å². The van der Waals surface area contributed by atoms with Crippen molar-refractivity contribution in [3.8, 4) is 0 Å². The molecule has 7 nitrogen and oxygen atoms in total. The lowest BCUT2D eigenvalue weighted by atomic mass is 10.2. The molecule has 1 amide bonds. The molecule has 0 atom stereocenters. The van der Waals surface area contributed by atoms with Crippen molar-refractivity contribution in [2.24, 2.45) is 0 Å². The molecule has 1 aromatic carbocycles. The van der Waals surface area contributed by atoms with Crippen LogP contribution in [0.4, 0.5) is 17.2 Å². The van der Waals surface area contributed by atoms with Gasteiger partial charge in [-0.15, -0.1) is 0 Å². The largest absolute Gasteiger partial charge is 0.338 e. The number of hydrogen-bond donors (Lipinski definition) is 2. The summed E-state index contributed by atoms with van der Waals surface area (Å²) < 4.78 is 1.94. The van der Waals surface area contributed by atoms with Crippen LogP contribution in [0, 0.1) is 0 Å². The number of rotatable bonds is 4. The van der Waals surface area contributed by atoms with E-state index in [1.54, 1.807) is 18.5 Å². The fraction of sp³-hybridized carbons (Fsp3) is 0.250. The van der Waals surface area contributed by atoms with E-state index in [0.29, 0.717) is 17.0 Å². The van der Waals surface area contributed by atoms with Gasteiger partial charge >= 0.3 is 0 Å². The summed E-state index contributed by atoms with van der Waals surface area (Å²) in [5.74, 6) is 0.427. The van der Waals surface area contributed by atoms with E-state index in [-0.39, 0.29) is 17.2 Å². The van der Waals surface area contributed by atoms with Crippen LogP contribution in [0.3, 0.4) is 0 Å². The lowest BCUT2D eigenvalue weighted by molar-refractivity contribution is -0.114. The van der Waals surface area contributed by atoms with Gasteiger partial charge in [0.1, 0.15) is 0 Å². The third kappa shape index (κ3) is 3.30. The van der Waals surface area contributed by atoms with Crippen molar-refractivity contribution in [1.29, 1.82) is 0 Å².